The Morgan fingerprint density at radius 1 is 0.552 bits per heavy atom. The summed E-state index contributed by atoms with van der Waals surface area (Å²) in [6.07, 6.45) is 0. The van der Waals surface area contributed by atoms with E-state index in [0.717, 1.165) is 19.6 Å². The van der Waals surface area contributed by atoms with Crippen LogP contribution in [-0.4, -0.2) is 0 Å². The summed E-state index contributed by atoms with van der Waals surface area (Å²) in [5.41, 5.74) is 1.17. The van der Waals surface area contributed by atoms with Gasteiger partial charge in [0, 0.05) is 19.6 Å². The van der Waals surface area contributed by atoms with E-state index in [-0.39, 0.29) is 0 Å². The van der Waals surface area contributed by atoms with Crippen LogP contribution < -0.4 is 0 Å². The molecule has 144 valence electrons. The predicted molar refractivity (Wildman–Crippen MR) is 126 cm³/mol. The Labute approximate surface area is 174 Å². The normalized spacial score (nSPS) is 13.7. The summed E-state index contributed by atoms with van der Waals surface area (Å²) >= 11 is 0. The van der Waals surface area contributed by atoms with E-state index in [2.05, 4.69) is 81.4 Å². The molecule has 0 aliphatic rings. The topological polar surface area (TPSA) is 23.8 Å². The van der Waals surface area contributed by atoms with Crippen molar-refractivity contribution in [1.82, 2.24) is 0 Å². The molecule has 1 atom stereocenters. The number of hydrogen-bond donors (Lipinski definition) is 0. The van der Waals surface area contributed by atoms with Crippen molar-refractivity contribution in [3.63, 3.8) is 0 Å². The van der Waals surface area contributed by atoms with Gasteiger partial charge in [-0.3, -0.25) is 0 Å². The van der Waals surface area contributed by atoms with E-state index in [1.54, 1.807) is 0 Å². The Kier molecular flexibility index (Phi) is 4.43. The minimum absolute atomic E-state index is 1.00. The van der Waals surface area contributed by atoms with Crippen molar-refractivity contribution >= 4 is 16.4 Å². The van der Waals surface area contributed by atoms with Crippen LogP contribution in [0.5, 0.6) is 0 Å². The van der Waals surface area contributed by atoms with Gasteiger partial charge in [0.15, 0.2) is 0 Å². The second-order valence-corrected chi connectivity index (χ2v) is 16.3. The molecule has 4 aromatic rings. The largest absolute Gasteiger partial charge is 0.187 e. The summed E-state index contributed by atoms with van der Waals surface area (Å²) in [5, 5.41) is 14.3. The minimum Gasteiger partial charge on any atom is -0.187 e. The number of hydrogen-bond acceptors (Lipinski definition) is 1. The minimum atomic E-state index is -4.12. The van der Waals surface area contributed by atoms with Crippen molar-refractivity contribution in [2.24, 2.45) is 0 Å². The van der Waals surface area contributed by atoms with Gasteiger partial charge in [0.1, 0.15) is 5.40 Å². The zero-order valence-electron chi connectivity index (χ0n) is 16.4. The predicted octanol–water partition coefficient (Wildman–Crippen LogP) is 7.68. The third kappa shape index (κ3) is 2.32. The lowest BCUT2D eigenvalue weighted by atomic mass is 10.2. The molecular formula is C26H24NPS. The van der Waals surface area contributed by atoms with E-state index in [9.17, 15) is 5.26 Å². The zero-order chi connectivity index (χ0) is 20.4. The van der Waals surface area contributed by atoms with Gasteiger partial charge >= 0.3 is 0 Å². The van der Waals surface area contributed by atoms with Crippen molar-refractivity contribution in [2.75, 3.05) is 0 Å². The first-order chi connectivity index (χ1) is 14.0. The summed E-state index contributed by atoms with van der Waals surface area (Å²) in [7, 11) is -0.984. The van der Waals surface area contributed by atoms with Gasteiger partial charge in [-0.1, -0.05) is 80.7 Å². The molecule has 0 N–H and O–H groups in total. The highest BCUT2D eigenvalue weighted by Gasteiger charge is 2.63. The average Bonchev–Trinajstić information content (AvgIpc) is 2.81. The number of aryl methyl sites for hydroxylation is 1. The summed E-state index contributed by atoms with van der Waals surface area (Å²) < 4.78 is 0. The fourth-order valence-corrected chi connectivity index (χ4v) is 11.6. The Morgan fingerprint density at radius 3 is 1.17 bits per heavy atom. The van der Waals surface area contributed by atoms with Crippen molar-refractivity contribution in [3.8, 4) is 5.40 Å². The van der Waals surface area contributed by atoms with E-state index in [1.807, 2.05) is 54.6 Å². The van der Waals surface area contributed by atoms with Crippen LogP contribution in [0.25, 0.3) is 0 Å². The fourth-order valence-electron chi connectivity index (χ4n) is 4.23. The number of thiocyanates is 1. The van der Waals surface area contributed by atoms with E-state index < -0.39 is 7.91 Å². The fraction of sp³-hybridized carbons (Fsp3) is 0.0385. The lowest BCUT2D eigenvalue weighted by molar-refractivity contribution is 1.19. The van der Waals surface area contributed by atoms with Crippen LogP contribution in [0.2, 0.25) is 0 Å². The maximum Gasteiger partial charge on any atom is 0.117 e. The molecule has 4 aromatic carbocycles. The van der Waals surface area contributed by atoms with Gasteiger partial charge in [-0.2, -0.15) is 5.26 Å². The average molecular weight is 414 g/mol. The smallest absolute Gasteiger partial charge is 0.117 e. The highest BCUT2D eigenvalue weighted by atomic mass is 32.8. The van der Waals surface area contributed by atoms with Crippen LogP contribution in [0.3, 0.4) is 0 Å². The van der Waals surface area contributed by atoms with Crippen molar-refractivity contribution in [2.45, 2.75) is 26.5 Å². The van der Waals surface area contributed by atoms with Crippen LogP contribution in [0, 0.1) is 17.6 Å². The number of rotatable bonds is 4. The molecule has 0 aromatic heterocycles. The first-order valence-corrected chi connectivity index (χ1v) is 13.5. The summed E-state index contributed by atoms with van der Waals surface area (Å²) in [5.74, 6) is 0. The molecule has 0 spiro atoms. The molecule has 0 heterocycles. The lowest BCUT2D eigenvalue weighted by Crippen LogP contribution is -2.29. The number of nitrogens with zero attached hydrogens (tertiary/aromatic N) is 1. The molecule has 0 aliphatic heterocycles. The van der Waals surface area contributed by atoms with Crippen LogP contribution in [0.1, 0.15) is 5.56 Å². The van der Waals surface area contributed by atoms with Crippen molar-refractivity contribution in [1.29, 1.82) is 5.26 Å². The Hall–Kier alpha value is -2.85. The first kappa shape index (κ1) is 19.5. The molecule has 0 aliphatic carbocycles. The second-order valence-electron chi connectivity index (χ2n) is 7.45. The van der Waals surface area contributed by atoms with Crippen LogP contribution in [-0.2, 0) is 0 Å². The summed E-state index contributed by atoms with van der Waals surface area (Å²) in [6.45, 7) is 2.08. The van der Waals surface area contributed by atoms with Crippen LogP contribution in [0.4, 0.5) is 0 Å². The van der Waals surface area contributed by atoms with E-state index in [4.69, 9.17) is 0 Å². The third-order valence-electron chi connectivity index (χ3n) is 5.92. The Morgan fingerprint density at radius 2 is 0.862 bits per heavy atom. The van der Waals surface area contributed by atoms with Crippen molar-refractivity contribution in [3.05, 3.63) is 121 Å². The van der Waals surface area contributed by atoms with Gasteiger partial charge in [0.2, 0.25) is 0 Å². The SMILES string of the molecule is Cc1ccc(S(P)(C#N)(c2ccccc2)(c2ccccc2)c2ccccc2)cc1. The molecule has 3 heteroatoms. The maximum absolute atomic E-state index is 11.4. The molecule has 0 radical (unpaired) electrons. The molecular weight excluding hydrogens is 389 g/mol. The van der Waals surface area contributed by atoms with E-state index >= 15 is 0 Å². The first-order valence-electron chi connectivity index (χ1n) is 9.53. The molecule has 0 bridgehead atoms. The highest BCUT2D eigenvalue weighted by molar-refractivity contribution is 8.95. The van der Waals surface area contributed by atoms with Crippen LogP contribution in [0.15, 0.2) is 135 Å². The number of benzene rings is 4. The Bertz CT molecular complexity index is 1090. The van der Waals surface area contributed by atoms with Crippen LogP contribution >= 0.6 is 16.4 Å². The second kappa shape index (κ2) is 6.60. The number of nitriles is 1. The van der Waals surface area contributed by atoms with E-state index in [0.29, 0.717) is 0 Å². The summed E-state index contributed by atoms with van der Waals surface area (Å²) in [4.78, 5) is 4.01. The lowest BCUT2D eigenvalue weighted by Gasteiger charge is -2.72. The zero-order valence-corrected chi connectivity index (χ0v) is 18.4. The monoisotopic (exact) mass is 413 g/mol. The highest BCUT2D eigenvalue weighted by Crippen LogP contribution is 3.10. The third-order valence-corrected chi connectivity index (χ3v) is 15.9. The summed E-state index contributed by atoms with van der Waals surface area (Å²) in [6, 6.07) is 39.2. The van der Waals surface area contributed by atoms with Gasteiger partial charge in [-0.15, -0.1) is 7.91 Å². The van der Waals surface area contributed by atoms with E-state index in [1.165, 1.54) is 5.56 Å². The molecule has 1 unspecified atom stereocenters. The molecule has 0 saturated heterocycles. The van der Waals surface area contributed by atoms with Gasteiger partial charge in [0.25, 0.3) is 0 Å². The van der Waals surface area contributed by atoms with Gasteiger partial charge in [-0.25, -0.2) is 0 Å². The quantitative estimate of drug-likeness (QED) is 0.249. The molecule has 1 nitrogen and oxygen atoms in total. The Balaban J connectivity index is 2.39. The molecule has 0 saturated carbocycles. The molecule has 0 fully saturated rings. The maximum atomic E-state index is 11.4. The van der Waals surface area contributed by atoms with Gasteiger partial charge in [0.05, 0.1) is 0 Å². The molecule has 0 amide bonds. The standard InChI is InChI=1S/C26H24NPS/c1-22-17-19-26(20-18-22)29(28,21-27,23-11-5-2-6-12-23,24-13-7-3-8-14-24)25-15-9-4-10-16-25/h2-20H,28H2,1H3. The van der Waals surface area contributed by atoms with Gasteiger partial charge < -0.3 is 0 Å². The van der Waals surface area contributed by atoms with Gasteiger partial charge in [-0.05, 0) is 55.5 Å². The molecule has 29 heavy (non-hydrogen) atoms. The molecule has 4 rings (SSSR count). The van der Waals surface area contributed by atoms with Crippen molar-refractivity contribution < 1.29 is 0 Å².